The van der Waals surface area contributed by atoms with Gasteiger partial charge in [-0.15, -0.1) is 12.4 Å². The highest BCUT2D eigenvalue weighted by atomic mass is 35.5. The van der Waals surface area contributed by atoms with Crippen LogP contribution < -0.4 is 4.74 Å². The van der Waals surface area contributed by atoms with Crippen molar-refractivity contribution in [2.75, 3.05) is 7.11 Å². The van der Waals surface area contributed by atoms with E-state index in [2.05, 4.69) is 5.16 Å². The minimum Gasteiger partial charge on any atom is -0.496 e. The Morgan fingerprint density at radius 3 is 2.71 bits per heavy atom. The molecule has 0 radical (unpaired) electrons. The monoisotopic (exact) mass is 255 g/mol. The van der Waals surface area contributed by atoms with Crippen LogP contribution >= 0.6 is 12.4 Å². The van der Waals surface area contributed by atoms with E-state index in [1.807, 2.05) is 6.07 Å². The fraction of sp³-hybridized carbons (Fsp3) is 0.0909. The highest BCUT2D eigenvalue weighted by Crippen LogP contribution is 2.29. The summed E-state index contributed by atoms with van der Waals surface area (Å²) in [6.07, 6.45) is 0. The number of carbonyl (C=O) groups is 1. The number of ether oxygens (including phenoxy) is 1. The van der Waals surface area contributed by atoms with Crippen LogP contribution in [0.5, 0.6) is 5.75 Å². The van der Waals surface area contributed by atoms with E-state index in [0.717, 1.165) is 0 Å². The number of aromatic carboxylic acids is 1. The van der Waals surface area contributed by atoms with Crippen molar-refractivity contribution in [1.29, 1.82) is 0 Å². The summed E-state index contributed by atoms with van der Waals surface area (Å²) in [5, 5.41) is 12.2. The molecule has 0 saturated carbocycles. The third-order valence-electron chi connectivity index (χ3n) is 2.10. The lowest BCUT2D eigenvalue weighted by Crippen LogP contribution is -1.94. The number of benzene rings is 1. The molecule has 0 fully saturated rings. The molecule has 0 spiro atoms. The van der Waals surface area contributed by atoms with Crippen LogP contribution in [0, 0.1) is 0 Å². The molecule has 0 unspecified atom stereocenters. The molecule has 5 nitrogen and oxygen atoms in total. The number of aromatic nitrogens is 1. The molecule has 0 atom stereocenters. The van der Waals surface area contributed by atoms with Crippen molar-refractivity contribution in [1.82, 2.24) is 5.16 Å². The Bertz CT molecular complexity index is 524. The Morgan fingerprint density at radius 1 is 1.41 bits per heavy atom. The molecule has 1 aromatic heterocycles. The van der Waals surface area contributed by atoms with Gasteiger partial charge >= 0.3 is 5.97 Å². The number of hydrogen-bond donors (Lipinski definition) is 1. The predicted molar refractivity (Wildman–Crippen MR) is 62.7 cm³/mol. The van der Waals surface area contributed by atoms with Gasteiger partial charge in [-0.2, -0.15) is 0 Å². The fourth-order valence-corrected chi connectivity index (χ4v) is 1.35. The van der Waals surface area contributed by atoms with Gasteiger partial charge in [0.1, 0.15) is 5.75 Å². The molecule has 90 valence electrons. The van der Waals surface area contributed by atoms with Gasteiger partial charge in [0, 0.05) is 6.07 Å². The molecular weight excluding hydrogens is 246 g/mol. The van der Waals surface area contributed by atoms with Gasteiger partial charge in [0.25, 0.3) is 0 Å². The maximum absolute atomic E-state index is 10.6. The van der Waals surface area contributed by atoms with Crippen LogP contribution in [0.4, 0.5) is 0 Å². The fourth-order valence-electron chi connectivity index (χ4n) is 1.35. The maximum atomic E-state index is 10.6. The van der Waals surface area contributed by atoms with Gasteiger partial charge in [0.15, 0.2) is 11.5 Å². The summed E-state index contributed by atoms with van der Waals surface area (Å²) in [7, 11) is 1.54. The number of nitrogens with zero attached hydrogens (tertiary/aromatic N) is 1. The van der Waals surface area contributed by atoms with E-state index in [9.17, 15) is 4.79 Å². The Morgan fingerprint density at radius 2 is 2.12 bits per heavy atom. The van der Waals surface area contributed by atoms with E-state index in [4.69, 9.17) is 14.4 Å². The second-order valence-corrected chi connectivity index (χ2v) is 3.08. The van der Waals surface area contributed by atoms with Crippen molar-refractivity contribution in [3.05, 3.63) is 36.0 Å². The normalized spacial score (nSPS) is 9.47. The van der Waals surface area contributed by atoms with Crippen molar-refractivity contribution < 1.29 is 19.2 Å². The first kappa shape index (κ1) is 13.1. The molecule has 0 aliphatic rings. The molecule has 1 heterocycles. The van der Waals surface area contributed by atoms with E-state index in [1.165, 1.54) is 13.2 Å². The first-order valence-electron chi connectivity index (χ1n) is 4.56. The van der Waals surface area contributed by atoms with E-state index >= 15 is 0 Å². The Hall–Kier alpha value is -2.01. The van der Waals surface area contributed by atoms with Gasteiger partial charge in [-0.3, -0.25) is 0 Å². The first-order valence-corrected chi connectivity index (χ1v) is 4.56. The third-order valence-corrected chi connectivity index (χ3v) is 2.10. The van der Waals surface area contributed by atoms with Gasteiger partial charge in [-0.25, -0.2) is 4.79 Å². The zero-order valence-electron chi connectivity index (χ0n) is 8.91. The summed E-state index contributed by atoms with van der Waals surface area (Å²) in [6.45, 7) is 0. The quantitative estimate of drug-likeness (QED) is 0.912. The van der Waals surface area contributed by atoms with Crippen LogP contribution in [0.1, 0.15) is 10.5 Å². The van der Waals surface area contributed by atoms with Crippen LogP contribution in [-0.4, -0.2) is 23.3 Å². The summed E-state index contributed by atoms with van der Waals surface area (Å²) in [4.78, 5) is 10.6. The Labute approximate surface area is 103 Å². The molecule has 2 aromatic rings. The number of para-hydroxylation sites is 1. The number of hydrogen-bond acceptors (Lipinski definition) is 4. The number of carboxylic acid groups (broad SMARTS) is 1. The van der Waals surface area contributed by atoms with Gasteiger partial charge in [-0.05, 0) is 12.1 Å². The molecule has 1 N–H and O–H groups in total. The molecular formula is C11H10ClNO4. The number of halogens is 1. The molecule has 6 heteroatoms. The van der Waals surface area contributed by atoms with E-state index in [-0.39, 0.29) is 18.1 Å². The molecule has 0 aliphatic carbocycles. The zero-order valence-corrected chi connectivity index (χ0v) is 9.73. The van der Waals surface area contributed by atoms with Crippen molar-refractivity contribution in [2.24, 2.45) is 0 Å². The van der Waals surface area contributed by atoms with Crippen molar-refractivity contribution in [2.45, 2.75) is 0 Å². The average molecular weight is 256 g/mol. The smallest absolute Gasteiger partial charge is 0.358 e. The lowest BCUT2D eigenvalue weighted by atomic mass is 10.1. The molecule has 0 bridgehead atoms. The largest absolute Gasteiger partial charge is 0.496 e. The van der Waals surface area contributed by atoms with Crippen molar-refractivity contribution >= 4 is 18.4 Å². The van der Waals surface area contributed by atoms with Crippen LogP contribution in [0.2, 0.25) is 0 Å². The lowest BCUT2D eigenvalue weighted by molar-refractivity contribution is 0.0686. The van der Waals surface area contributed by atoms with Crippen LogP contribution in [0.25, 0.3) is 11.3 Å². The van der Waals surface area contributed by atoms with Crippen LogP contribution in [-0.2, 0) is 0 Å². The summed E-state index contributed by atoms with van der Waals surface area (Å²) >= 11 is 0. The molecule has 0 aliphatic heterocycles. The molecule has 2 rings (SSSR count). The third kappa shape index (κ3) is 2.57. The van der Waals surface area contributed by atoms with Gasteiger partial charge in [0.05, 0.1) is 12.7 Å². The topological polar surface area (TPSA) is 72.6 Å². The minimum atomic E-state index is -1.12. The Balaban J connectivity index is 0.00000144. The average Bonchev–Trinajstić information content (AvgIpc) is 2.78. The van der Waals surface area contributed by atoms with E-state index in [1.54, 1.807) is 18.2 Å². The second kappa shape index (κ2) is 5.36. The number of rotatable bonds is 3. The van der Waals surface area contributed by atoms with Gasteiger partial charge in [-0.1, -0.05) is 17.3 Å². The highest BCUT2D eigenvalue weighted by Gasteiger charge is 2.14. The molecule has 1 aromatic carbocycles. The summed E-state index contributed by atoms with van der Waals surface area (Å²) in [5.74, 6) is -0.143. The van der Waals surface area contributed by atoms with Gasteiger partial charge in [0.2, 0.25) is 0 Å². The summed E-state index contributed by atoms with van der Waals surface area (Å²) in [6, 6.07) is 8.51. The predicted octanol–water partition coefficient (Wildman–Crippen LogP) is 2.47. The lowest BCUT2D eigenvalue weighted by Gasteiger charge is -2.03. The second-order valence-electron chi connectivity index (χ2n) is 3.08. The maximum Gasteiger partial charge on any atom is 0.358 e. The van der Waals surface area contributed by atoms with Crippen molar-refractivity contribution in [3.63, 3.8) is 0 Å². The Kier molecular flexibility index (Phi) is 4.12. The van der Waals surface area contributed by atoms with E-state index in [0.29, 0.717) is 17.1 Å². The SMILES string of the molecule is COc1ccccc1-c1cc(C(=O)O)no1.Cl. The molecule has 17 heavy (non-hydrogen) atoms. The summed E-state index contributed by atoms with van der Waals surface area (Å²) in [5.41, 5.74) is 0.547. The first-order chi connectivity index (χ1) is 7.72. The highest BCUT2D eigenvalue weighted by molar-refractivity contribution is 5.86. The standard InChI is InChI=1S/C11H9NO4.ClH/c1-15-9-5-3-2-4-7(9)10-6-8(11(13)14)12-16-10;/h2-6H,1H3,(H,13,14);1H. The summed E-state index contributed by atoms with van der Waals surface area (Å²) < 4.78 is 10.1. The van der Waals surface area contributed by atoms with Gasteiger partial charge < -0.3 is 14.4 Å². The van der Waals surface area contributed by atoms with Crippen molar-refractivity contribution in [3.8, 4) is 17.1 Å². The van der Waals surface area contributed by atoms with Crippen LogP contribution in [0.15, 0.2) is 34.9 Å². The van der Waals surface area contributed by atoms with E-state index < -0.39 is 5.97 Å². The molecule has 0 amide bonds. The number of carboxylic acids is 1. The number of methoxy groups -OCH3 is 1. The molecule has 0 saturated heterocycles. The zero-order chi connectivity index (χ0) is 11.5. The minimum absolute atomic E-state index is 0. The van der Waals surface area contributed by atoms with Crippen LogP contribution in [0.3, 0.4) is 0 Å².